The van der Waals surface area contributed by atoms with Gasteiger partial charge in [-0.3, -0.25) is 4.79 Å². The summed E-state index contributed by atoms with van der Waals surface area (Å²) < 4.78 is 5.63. The maximum atomic E-state index is 12.4. The highest BCUT2D eigenvalue weighted by Gasteiger charge is 2.14. The number of aryl methyl sites for hydroxylation is 1. The molecule has 0 aliphatic carbocycles. The topological polar surface area (TPSA) is 68.3 Å². The van der Waals surface area contributed by atoms with Gasteiger partial charge in [0.15, 0.2) is 0 Å². The molecular weight excluding hydrogens is 336 g/mol. The van der Waals surface area contributed by atoms with Gasteiger partial charge in [0.1, 0.15) is 5.58 Å². The van der Waals surface area contributed by atoms with Crippen molar-refractivity contribution < 1.29 is 9.21 Å². The molecule has 1 amide bonds. The summed E-state index contributed by atoms with van der Waals surface area (Å²) in [4.78, 5) is 12.4. The number of nitrogen functional groups attached to an aromatic ring is 1. The number of carbonyl (C=O) groups is 1. The van der Waals surface area contributed by atoms with E-state index in [1.807, 2.05) is 18.2 Å². The Hall–Kier alpha value is -2.46. The number of anilines is 2. The largest absolute Gasteiger partial charge is 0.464 e. The van der Waals surface area contributed by atoms with Crippen LogP contribution in [-0.2, 0) is 11.2 Å². The molecule has 0 bridgehead atoms. The molecule has 2 aromatic carbocycles. The first-order valence-corrected chi connectivity index (χ1v) is 8.10. The molecule has 3 aromatic rings. The predicted molar refractivity (Wildman–Crippen MR) is 105 cm³/mol. The summed E-state index contributed by atoms with van der Waals surface area (Å²) in [5.74, 6) is 0.317. The van der Waals surface area contributed by atoms with Crippen LogP contribution in [-0.4, -0.2) is 5.91 Å². The van der Waals surface area contributed by atoms with Gasteiger partial charge in [0.05, 0.1) is 24.1 Å². The van der Waals surface area contributed by atoms with Gasteiger partial charge in [0.25, 0.3) is 0 Å². The molecular formula is C20H23ClN2O2. The quantitative estimate of drug-likeness (QED) is 0.641. The molecule has 4 nitrogen and oxygen atoms in total. The fraction of sp³-hybridized carbons (Fsp3) is 0.250. The highest BCUT2D eigenvalue weighted by molar-refractivity contribution is 5.97. The van der Waals surface area contributed by atoms with Crippen LogP contribution in [0, 0.1) is 6.92 Å². The van der Waals surface area contributed by atoms with E-state index in [0.29, 0.717) is 17.3 Å². The molecule has 5 heteroatoms. The minimum atomic E-state index is -0.109. The van der Waals surface area contributed by atoms with Gasteiger partial charge in [-0.1, -0.05) is 26.0 Å². The standard InChI is InChI=1S/C20H22N2O2.ClH/c1-12(2)15-10-16-14(11-24-19(16)8-13(15)3)9-20(23)22-18-7-5-4-6-17(18)21;/h4-8,10-12H,9,21H2,1-3H3,(H,22,23);1H. The lowest BCUT2D eigenvalue weighted by Gasteiger charge is -2.10. The van der Waals surface area contributed by atoms with Crippen LogP contribution >= 0.6 is 12.4 Å². The summed E-state index contributed by atoms with van der Waals surface area (Å²) in [6.07, 6.45) is 1.92. The summed E-state index contributed by atoms with van der Waals surface area (Å²) in [5, 5.41) is 3.86. The highest BCUT2D eigenvalue weighted by Crippen LogP contribution is 2.29. The summed E-state index contributed by atoms with van der Waals surface area (Å²) >= 11 is 0. The number of para-hydroxylation sites is 2. The Bertz CT molecular complexity index is 900. The maximum absolute atomic E-state index is 12.4. The minimum Gasteiger partial charge on any atom is -0.464 e. The Morgan fingerprint density at radius 2 is 1.96 bits per heavy atom. The Labute approximate surface area is 153 Å². The fourth-order valence-electron chi connectivity index (χ4n) is 2.98. The van der Waals surface area contributed by atoms with Crippen molar-refractivity contribution in [2.75, 3.05) is 11.1 Å². The second-order valence-electron chi connectivity index (χ2n) is 6.43. The van der Waals surface area contributed by atoms with E-state index in [-0.39, 0.29) is 24.7 Å². The van der Waals surface area contributed by atoms with E-state index < -0.39 is 0 Å². The molecule has 3 N–H and O–H groups in total. The summed E-state index contributed by atoms with van der Waals surface area (Å²) in [5.41, 5.74) is 11.2. The monoisotopic (exact) mass is 358 g/mol. The third-order valence-corrected chi connectivity index (χ3v) is 4.25. The Morgan fingerprint density at radius 1 is 1.24 bits per heavy atom. The van der Waals surface area contributed by atoms with Crippen molar-refractivity contribution in [1.29, 1.82) is 0 Å². The van der Waals surface area contributed by atoms with Gasteiger partial charge in [-0.25, -0.2) is 0 Å². The molecule has 0 unspecified atom stereocenters. The number of furan rings is 1. The average Bonchev–Trinajstić information content (AvgIpc) is 2.90. The van der Waals surface area contributed by atoms with Crippen molar-refractivity contribution in [3.05, 3.63) is 59.4 Å². The normalized spacial score (nSPS) is 10.7. The molecule has 1 heterocycles. The number of hydrogen-bond donors (Lipinski definition) is 2. The van der Waals surface area contributed by atoms with E-state index in [9.17, 15) is 4.79 Å². The van der Waals surface area contributed by atoms with E-state index in [4.69, 9.17) is 10.2 Å². The molecule has 0 fully saturated rings. The zero-order valence-electron chi connectivity index (χ0n) is 14.6. The van der Waals surface area contributed by atoms with Crippen molar-refractivity contribution in [2.24, 2.45) is 0 Å². The van der Waals surface area contributed by atoms with Crippen LogP contribution in [0.2, 0.25) is 0 Å². The second-order valence-corrected chi connectivity index (χ2v) is 6.43. The Morgan fingerprint density at radius 3 is 2.64 bits per heavy atom. The van der Waals surface area contributed by atoms with Gasteiger partial charge in [-0.05, 0) is 48.2 Å². The number of benzene rings is 2. The first-order chi connectivity index (χ1) is 11.5. The summed E-state index contributed by atoms with van der Waals surface area (Å²) in [6.45, 7) is 6.42. The van der Waals surface area contributed by atoms with Crippen LogP contribution in [0.4, 0.5) is 11.4 Å². The molecule has 3 rings (SSSR count). The molecule has 0 saturated heterocycles. The van der Waals surface area contributed by atoms with Gasteiger partial charge < -0.3 is 15.5 Å². The van der Waals surface area contributed by atoms with E-state index in [0.717, 1.165) is 16.5 Å². The van der Waals surface area contributed by atoms with Crippen molar-refractivity contribution in [3.63, 3.8) is 0 Å². The number of nitrogens with two attached hydrogens (primary N) is 1. The van der Waals surface area contributed by atoms with Crippen LogP contribution in [0.3, 0.4) is 0 Å². The Kier molecular flexibility index (Phi) is 5.75. The van der Waals surface area contributed by atoms with Crippen LogP contribution in [0.5, 0.6) is 0 Å². The molecule has 25 heavy (non-hydrogen) atoms. The Balaban J connectivity index is 0.00000225. The van der Waals surface area contributed by atoms with Crippen molar-refractivity contribution in [1.82, 2.24) is 0 Å². The molecule has 0 aliphatic heterocycles. The zero-order valence-corrected chi connectivity index (χ0v) is 15.4. The van der Waals surface area contributed by atoms with E-state index >= 15 is 0 Å². The third kappa shape index (κ3) is 3.97. The van der Waals surface area contributed by atoms with Gasteiger partial charge in [0.2, 0.25) is 5.91 Å². The van der Waals surface area contributed by atoms with E-state index in [2.05, 4.69) is 32.2 Å². The molecule has 1 aromatic heterocycles. The fourth-order valence-corrected chi connectivity index (χ4v) is 2.98. The van der Waals surface area contributed by atoms with Crippen molar-refractivity contribution in [3.8, 4) is 0 Å². The lowest BCUT2D eigenvalue weighted by atomic mass is 9.95. The molecule has 0 aliphatic rings. The second kappa shape index (κ2) is 7.62. The van der Waals surface area contributed by atoms with Crippen LogP contribution in [0.25, 0.3) is 11.0 Å². The van der Waals surface area contributed by atoms with Crippen molar-refractivity contribution >= 4 is 40.7 Å². The molecule has 0 saturated carbocycles. The number of halogens is 1. The smallest absolute Gasteiger partial charge is 0.228 e. The van der Waals surface area contributed by atoms with E-state index in [1.165, 1.54) is 11.1 Å². The molecule has 0 atom stereocenters. The van der Waals surface area contributed by atoms with Gasteiger partial charge >= 0.3 is 0 Å². The number of hydrogen-bond acceptors (Lipinski definition) is 3. The van der Waals surface area contributed by atoms with Crippen LogP contribution in [0.1, 0.15) is 36.5 Å². The lowest BCUT2D eigenvalue weighted by Crippen LogP contribution is -2.15. The van der Waals surface area contributed by atoms with Gasteiger partial charge in [-0.15, -0.1) is 12.4 Å². The predicted octanol–water partition coefficient (Wildman–Crippen LogP) is 5.05. The first-order valence-electron chi connectivity index (χ1n) is 8.10. The number of rotatable bonds is 4. The number of carbonyl (C=O) groups excluding carboxylic acids is 1. The van der Waals surface area contributed by atoms with Gasteiger partial charge in [-0.2, -0.15) is 0 Å². The summed E-state index contributed by atoms with van der Waals surface area (Å²) in [7, 11) is 0. The highest BCUT2D eigenvalue weighted by atomic mass is 35.5. The lowest BCUT2D eigenvalue weighted by molar-refractivity contribution is -0.115. The summed E-state index contributed by atoms with van der Waals surface area (Å²) in [6, 6.07) is 11.4. The number of nitrogens with one attached hydrogen (secondary N) is 1. The third-order valence-electron chi connectivity index (χ3n) is 4.25. The first kappa shape index (κ1) is 18.9. The molecule has 0 radical (unpaired) electrons. The number of amides is 1. The number of fused-ring (bicyclic) bond motifs is 1. The molecule has 0 spiro atoms. The van der Waals surface area contributed by atoms with E-state index in [1.54, 1.807) is 18.4 Å². The SMILES string of the molecule is Cc1cc2occ(CC(=O)Nc3ccccc3N)c2cc1C(C)C.Cl. The zero-order chi connectivity index (χ0) is 17.3. The van der Waals surface area contributed by atoms with Crippen LogP contribution in [0.15, 0.2) is 47.1 Å². The van der Waals surface area contributed by atoms with Gasteiger partial charge in [0, 0.05) is 10.9 Å². The maximum Gasteiger partial charge on any atom is 0.228 e. The van der Waals surface area contributed by atoms with Crippen molar-refractivity contribution in [2.45, 2.75) is 33.1 Å². The average molecular weight is 359 g/mol. The van der Waals surface area contributed by atoms with Crippen LogP contribution < -0.4 is 11.1 Å². The minimum absolute atomic E-state index is 0. The molecule has 132 valence electrons.